The van der Waals surface area contributed by atoms with Gasteiger partial charge < -0.3 is 61.0 Å². The molecule has 9 rings (SSSR count). The van der Waals surface area contributed by atoms with Crippen molar-refractivity contribution in [1.82, 2.24) is 40.7 Å². The Bertz CT molecular complexity index is 3180. The summed E-state index contributed by atoms with van der Waals surface area (Å²) >= 11 is 8.13. The van der Waals surface area contributed by atoms with Gasteiger partial charge in [-0.05, 0) is 87.7 Å². The number of aromatic hydroxyl groups is 1. The van der Waals surface area contributed by atoms with E-state index >= 15 is 4.39 Å². The van der Waals surface area contributed by atoms with Gasteiger partial charge in [0.2, 0.25) is 23.7 Å². The van der Waals surface area contributed by atoms with Crippen LogP contribution in [-0.4, -0.2) is 152 Å². The molecule has 3 fully saturated rings. The number of likely N-dealkylation sites (tertiary alicyclic amines) is 1. The number of nitrogens with zero attached hydrogens (tertiary/aromatic N) is 6. The standard InChI is InChI=1S/C58H70ClF2N11O8S/c1-35(63-2)54(75)67-51(36-11-4-3-5-12-36)56(76)72-23-9-16-44(72)55-66-43(34-81-55)38-18-19-46(39-14-7-6-13-37(38)39)80-32-31-79-30-29-78-28-10-21-64-47(74)20-22-65-58-68-52-40(53(69-58)70-24-26-71(27-25-70)57(62)77)33-41(59)48(50(52)61)49-42(60)15-8-17-45(49)73/h6-8,13-15,17-19,33-36,44,51,63,73H,3-5,9-12,16,20-32H2,1-2H3,(H2,62,77)(H,64,74)(H,67,75)(H,65,68,69)/t35-,44-,51-/m0/s1. The SMILES string of the molecule is CN[C@@H](C)C(=O)N[C@H](C(=O)N1CCC[C@H]1c1nc(-c2ccc(OCCOCCOCCCNC(=O)CCNc3nc(N4CCN(C(N)=O)CC4)c4cc(Cl)c(-c5c(O)cccc5F)c(F)c4n3)c3ccccc23)cs1)C1CCCCC1. The molecule has 3 aliphatic rings. The average molecular weight is 1150 g/mol. The minimum absolute atomic E-state index is 0.00580. The number of amides is 5. The number of thiazole rings is 1. The molecule has 81 heavy (non-hydrogen) atoms. The van der Waals surface area contributed by atoms with Gasteiger partial charge in [-0.3, -0.25) is 14.4 Å². The van der Waals surface area contributed by atoms with Gasteiger partial charge in [-0.1, -0.05) is 61.2 Å². The quantitative estimate of drug-likeness (QED) is 0.0314. The van der Waals surface area contributed by atoms with Crippen LogP contribution >= 0.6 is 22.9 Å². The summed E-state index contributed by atoms with van der Waals surface area (Å²) in [4.78, 5) is 71.5. The van der Waals surface area contributed by atoms with Crippen molar-refractivity contribution < 1.29 is 47.3 Å². The highest BCUT2D eigenvalue weighted by Gasteiger charge is 2.40. The zero-order chi connectivity index (χ0) is 57.0. The lowest BCUT2D eigenvalue weighted by Gasteiger charge is -2.35. The third-order valence-corrected chi connectivity index (χ3v) is 16.5. The van der Waals surface area contributed by atoms with Crippen LogP contribution in [0.1, 0.15) is 75.8 Å². The summed E-state index contributed by atoms with van der Waals surface area (Å²) in [5.41, 5.74) is 6.35. The summed E-state index contributed by atoms with van der Waals surface area (Å²) in [6.45, 7) is 5.92. The second-order valence-electron chi connectivity index (χ2n) is 20.5. The van der Waals surface area contributed by atoms with Crippen LogP contribution in [0.5, 0.6) is 11.5 Å². The molecule has 5 amide bonds. The maximum atomic E-state index is 16.5. The number of aromatic nitrogens is 3. The van der Waals surface area contributed by atoms with E-state index in [1.807, 2.05) is 47.1 Å². The molecule has 4 aromatic carbocycles. The number of urea groups is 1. The van der Waals surface area contributed by atoms with Gasteiger partial charge in [0.1, 0.15) is 46.3 Å². The summed E-state index contributed by atoms with van der Waals surface area (Å²) in [7, 11) is 1.75. The molecule has 0 spiro atoms. The Morgan fingerprint density at radius 1 is 0.840 bits per heavy atom. The van der Waals surface area contributed by atoms with E-state index in [0.717, 1.165) is 83.8 Å². The van der Waals surface area contributed by atoms with Crippen LogP contribution in [0.4, 0.5) is 25.3 Å². The zero-order valence-electron chi connectivity index (χ0n) is 45.6. The van der Waals surface area contributed by atoms with E-state index in [9.17, 15) is 28.7 Å². The first-order valence-electron chi connectivity index (χ1n) is 27.8. The third kappa shape index (κ3) is 14.0. The number of rotatable bonds is 24. The van der Waals surface area contributed by atoms with Gasteiger partial charge in [-0.2, -0.15) is 4.98 Å². The number of anilines is 2. The molecule has 2 saturated heterocycles. The van der Waals surface area contributed by atoms with Crippen LogP contribution < -0.4 is 36.6 Å². The van der Waals surface area contributed by atoms with Crippen molar-refractivity contribution in [2.75, 3.05) is 96.1 Å². The molecule has 2 aromatic heterocycles. The Labute approximate surface area is 478 Å². The highest BCUT2D eigenvalue weighted by Crippen LogP contribution is 2.44. The lowest BCUT2D eigenvalue weighted by molar-refractivity contribution is -0.139. The Morgan fingerprint density at radius 2 is 1.59 bits per heavy atom. The molecule has 7 N–H and O–H groups in total. The number of carbonyl (C=O) groups excluding carboxylic acids is 4. The van der Waals surface area contributed by atoms with E-state index < -0.39 is 41.1 Å². The number of likely N-dealkylation sites (N-methyl/N-ethyl adjacent to an activating group) is 1. The van der Waals surface area contributed by atoms with Crippen molar-refractivity contribution in [2.24, 2.45) is 11.7 Å². The van der Waals surface area contributed by atoms with Crippen LogP contribution in [-0.2, 0) is 23.9 Å². The Morgan fingerprint density at radius 3 is 2.35 bits per heavy atom. The minimum Gasteiger partial charge on any atom is -0.507 e. The van der Waals surface area contributed by atoms with E-state index in [-0.39, 0.29) is 70.1 Å². The van der Waals surface area contributed by atoms with E-state index in [0.29, 0.717) is 84.5 Å². The predicted octanol–water partition coefficient (Wildman–Crippen LogP) is 8.17. The number of fused-ring (bicyclic) bond motifs is 2. The summed E-state index contributed by atoms with van der Waals surface area (Å²) in [6.07, 6.45) is 7.45. The van der Waals surface area contributed by atoms with Gasteiger partial charge in [0.15, 0.2) is 5.82 Å². The number of phenolic OH excluding ortho intramolecular Hbond substituents is 1. The molecule has 23 heteroatoms. The molecule has 19 nitrogen and oxygen atoms in total. The molecule has 4 heterocycles. The highest BCUT2D eigenvalue weighted by atomic mass is 35.5. The molecule has 432 valence electrons. The van der Waals surface area contributed by atoms with Gasteiger partial charge in [0.05, 0.1) is 48.2 Å². The van der Waals surface area contributed by atoms with E-state index in [2.05, 4.69) is 42.7 Å². The van der Waals surface area contributed by atoms with Gasteiger partial charge in [0.25, 0.3) is 0 Å². The molecule has 2 aliphatic heterocycles. The monoisotopic (exact) mass is 1150 g/mol. The summed E-state index contributed by atoms with van der Waals surface area (Å²) in [5.74, 6) is -1.59. The number of primary amides is 1. The maximum absolute atomic E-state index is 16.5. The van der Waals surface area contributed by atoms with Gasteiger partial charge in [-0.25, -0.2) is 23.5 Å². The number of nitrogens with two attached hydrogens (primary N) is 1. The number of hydrogen-bond acceptors (Lipinski definition) is 15. The largest absolute Gasteiger partial charge is 0.507 e. The number of nitrogens with one attached hydrogen (secondary N) is 4. The first-order valence-corrected chi connectivity index (χ1v) is 29.1. The van der Waals surface area contributed by atoms with Gasteiger partial charge in [0, 0.05) is 86.1 Å². The fourth-order valence-electron chi connectivity index (χ4n) is 10.8. The number of carbonyl (C=O) groups is 4. The lowest BCUT2D eigenvalue weighted by atomic mass is 9.83. The fraction of sp³-hybridized carbons (Fsp3) is 0.466. The molecular formula is C58H70ClF2N11O8S. The molecule has 0 unspecified atom stereocenters. The smallest absolute Gasteiger partial charge is 0.314 e. The second kappa shape index (κ2) is 27.7. The van der Waals surface area contributed by atoms with E-state index in [1.165, 1.54) is 23.1 Å². The van der Waals surface area contributed by atoms with Crippen LogP contribution in [0.3, 0.4) is 0 Å². The fourth-order valence-corrected chi connectivity index (χ4v) is 12.1. The summed E-state index contributed by atoms with van der Waals surface area (Å²) < 4.78 is 49.2. The molecule has 0 radical (unpaired) electrons. The first kappa shape index (κ1) is 58.7. The number of phenols is 1. The van der Waals surface area contributed by atoms with Gasteiger partial charge >= 0.3 is 6.03 Å². The Balaban J connectivity index is 0.704. The Kier molecular flexibility index (Phi) is 20.0. The molecule has 6 aromatic rings. The van der Waals surface area contributed by atoms with Crippen molar-refractivity contribution in [2.45, 2.75) is 82.8 Å². The zero-order valence-corrected chi connectivity index (χ0v) is 47.2. The highest BCUT2D eigenvalue weighted by molar-refractivity contribution is 7.10. The van der Waals surface area contributed by atoms with Gasteiger partial charge in [-0.15, -0.1) is 11.3 Å². The predicted molar refractivity (Wildman–Crippen MR) is 309 cm³/mol. The summed E-state index contributed by atoms with van der Waals surface area (Å²) in [5, 5.41) is 27.5. The number of ether oxygens (including phenoxy) is 3. The van der Waals surface area contributed by atoms with Crippen molar-refractivity contribution in [3.05, 3.63) is 87.7 Å². The van der Waals surface area contributed by atoms with Crippen LogP contribution in [0.25, 0.3) is 44.1 Å². The molecule has 1 aliphatic carbocycles. The minimum atomic E-state index is -0.969. The number of hydrogen-bond donors (Lipinski definition) is 6. The topological polar surface area (TPSA) is 239 Å². The van der Waals surface area contributed by atoms with Crippen molar-refractivity contribution in [3.63, 3.8) is 0 Å². The van der Waals surface area contributed by atoms with Crippen LogP contribution in [0.15, 0.2) is 66.0 Å². The molecule has 0 bridgehead atoms. The second-order valence-corrected chi connectivity index (χ2v) is 21.8. The average Bonchev–Trinajstić information content (AvgIpc) is 4.25. The molecule has 3 atom stereocenters. The number of benzene rings is 4. The van der Waals surface area contributed by atoms with E-state index in [1.54, 1.807) is 18.4 Å². The van der Waals surface area contributed by atoms with Crippen LogP contribution in [0, 0.1) is 17.6 Å². The Hall–Kier alpha value is -6.98. The lowest BCUT2D eigenvalue weighted by Crippen LogP contribution is -2.55. The number of piperazine rings is 1. The molecular weight excluding hydrogens is 1080 g/mol. The first-order chi connectivity index (χ1) is 39.3. The normalized spacial score (nSPS) is 16.7. The molecule has 1 saturated carbocycles. The summed E-state index contributed by atoms with van der Waals surface area (Å²) in [6, 6.07) is 15.4. The van der Waals surface area contributed by atoms with Crippen LogP contribution in [0.2, 0.25) is 5.02 Å². The van der Waals surface area contributed by atoms with Crippen molar-refractivity contribution >= 4 is 80.1 Å². The maximum Gasteiger partial charge on any atom is 0.314 e. The number of halogens is 3. The van der Waals surface area contributed by atoms with E-state index in [4.69, 9.17) is 36.5 Å². The van der Waals surface area contributed by atoms with Crippen molar-refractivity contribution in [1.29, 1.82) is 0 Å². The third-order valence-electron chi connectivity index (χ3n) is 15.3. The van der Waals surface area contributed by atoms with Crippen molar-refractivity contribution in [3.8, 4) is 33.9 Å².